The summed E-state index contributed by atoms with van der Waals surface area (Å²) < 4.78 is 5.00. The molecule has 1 amide bonds. The highest BCUT2D eigenvalue weighted by Crippen LogP contribution is 2.23. The predicted octanol–water partition coefficient (Wildman–Crippen LogP) is 0.757. The quantitative estimate of drug-likeness (QED) is 0.845. The fraction of sp³-hybridized carbons (Fsp3) is 0.286. The summed E-state index contributed by atoms with van der Waals surface area (Å²) in [4.78, 5) is 46.8. The second-order valence-corrected chi connectivity index (χ2v) is 4.74. The number of likely N-dealkylation sites (tertiary alicyclic amines) is 1. The van der Waals surface area contributed by atoms with Crippen LogP contribution in [0.3, 0.4) is 0 Å². The molecule has 0 aliphatic carbocycles. The number of nitrogens with zero attached hydrogens (tertiary/aromatic N) is 1. The summed E-state index contributed by atoms with van der Waals surface area (Å²) in [6, 6.07) is 4.73. The average molecular weight is 307 g/mol. The van der Waals surface area contributed by atoms with Gasteiger partial charge < -0.3 is 14.9 Å². The number of amides is 1. The van der Waals surface area contributed by atoms with Gasteiger partial charge in [-0.05, 0) is 12.1 Å². The predicted molar refractivity (Wildman–Crippen MR) is 71.4 cm³/mol. The summed E-state index contributed by atoms with van der Waals surface area (Å²) in [5.74, 6) is -3.28. The number of Topliss-reactive ketones (excluding diaryl/α,β-unsaturated/α-hetero) is 1. The van der Waals surface area contributed by atoms with Crippen LogP contribution in [0, 0.1) is 0 Å². The zero-order valence-corrected chi connectivity index (χ0v) is 11.3. The first-order valence-corrected chi connectivity index (χ1v) is 6.42. The van der Waals surface area contributed by atoms with E-state index in [4.69, 9.17) is 14.9 Å². The molecular formula is C14H13NO7. The van der Waals surface area contributed by atoms with Gasteiger partial charge in [0.1, 0.15) is 23.6 Å². The minimum Gasteiger partial charge on any atom is -0.480 e. The van der Waals surface area contributed by atoms with Crippen molar-refractivity contribution in [2.24, 2.45) is 0 Å². The van der Waals surface area contributed by atoms with Gasteiger partial charge in [-0.1, -0.05) is 18.2 Å². The summed E-state index contributed by atoms with van der Waals surface area (Å²) in [5.41, 5.74) is 0. The first-order chi connectivity index (χ1) is 10.4. The van der Waals surface area contributed by atoms with Crippen molar-refractivity contribution in [2.75, 3.05) is 0 Å². The summed E-state index contributed by atoms with van der Waals surface area (Å²) in [6.45, 7) is 0. The Balaban J connectivity index is 2.28. The average Bonchev–Trinajstić information content (AvgIpc) is 2.47. The van der Waals surface area contributed by atoms with Crippen molar-refractivity contribution in [2.45, 2.75) is 24.9 Å². The largest absolute Gasteiger partial charge is 0.480 e. The minimum atomic E-state index is -1.56. The van der Waals surface area contributed by atoms with E-state index in [9.17, 15) is 19.2 Å². The number of piperidine rings is 1. The van der Waals surface area contributed by atoms with E-state index >= 15 is 0 Å². The molecule has 2 rings (SSSR count). The third kappa shape index (κ3) is 3.22. The number of hydrogen-bond donors (Lipinski definition) is 2. The molecule has 2 N–H and O–H groups in total. The van der Waals surface area contributed by atoms with Crippen LogP contribution >= 0.6 is 0 Å². The molecule has 1 fully saturated rings. The van der Waals surface area contributed by atoms with Gasteiger partial charge in [-0.15, -0.1) is 0 Å². The molecule has 1 aromatic rings. The van der Waals surface area contributed by atoms with Crippen LogP contribution in [0.2, 0.25) is 0 Å². The number of carboxylic acid groups (broad SMARTS) is 2. The smallest absolute Gasteiger partial charge is 0.416 e. The lowest BCUT2D eigenvalue weighted by atomic mass is 9.95. The van der Waals surface area contributed by atoms with Crippen molar-refractivity contribution in [3.63, 3.8) is 0 Å². The van der Waals surface area contributed by atoms with Gasteiger partial charge in [0.25, 0.3) is 0 Å². The van der Waals surface area contributed by atoms with Gasteiger partial charge in [-0.2, -0.15) is 0 Å². The minimum absolute atomic E-state index is 0.151. The molecule has 0 aromatic heterocycles. The fourth-order valence-corrected chi connectivity index (χ4v) is 2.24. The number of carbonyl (C=O) groups excluding carboxylic acids is 2. The van der Waals surface area contributed by atoms with Crippen molar-refractivity contribution in [1.29, 1.82) is 0 Å². The van der Waals surface area contributed by atoms with Crippen LogP contribution in [0.25, 0.3) is 0 Å². The summed E-state index contributed by atoms with van der Waals surface area (Å²) in [6.07, 6.45) is -2.00. The Hall–Kier alpha value is -2.90. The molecule has 22 heavy (non-hydrogen) atoms. The Labute approximate surface area is 124 Å². The number of ether oxygens (including phenoxy) is 1. The molecule has 2 atom stereocenters. The van der Waals surface area contributed by atoms with Gasteiger partial charge in [-0.25, -0.2) is 14.4 Å². The normalized spacial score (nSPS) is 21.3. The van der Waals surface area contributed by atoms with Gasteiger partial charge in [0.05, 0.1) is 0 Å². The van der Waals surface area contributed by atoms with Crippen LogP contribution in [-0.4, -0.2) is 51.0 Å². The number of aliphatic carboxylic acids is 2. The van der Waals surface area contributed by atoms with E-state index in [0.717, 1.165) is 0 Å². The van der Waals surface area contributed by atoms with E-state index in [0.29, 0.717) is 4.90 Å². The van der Waals surface area contributed by atoms with Crippen molar-refractivity contribution < 1.29 is 34.1 Å². The zero-order chi connectivity index (χ0) is 16.3. The van der Waals surface area contributed by atoms with Crippen molar-refractivity contribution >= 4 is 23.8 Å². The molecule has 116 valence electrons. The number of benzene rings is 1. The highest BCUT2D eigenvalue weighted by Gasteiger charge is 2.46. The topological polar surface area (TPSA) is 121 Å². The number of carbonyl (C=O) groups is 4. The Kier molecular flexibility index (Phi) is 4.40. The van der Waals surface area contributed by atoms with Crippen LogP contribution in [0.4, 0.5) is 4.79 Å². The third-order valence-electron chi connectivity index (χ3n) is 3.24. The molecule has 0 radical (unpaired) electrons. The first kappa shape index (κ1) is 15.5. The molecule has 0 unspecified atom stereocenters. The van der Waals surface area contributed by atoms with E-state index in [-0.39, 0.29) is 5.75 Å². The Bertz CT molecular complexity index is 587. The lowest BCUT2D eigenvalue weighted by molar-refractivity contribution is -0.155. The van der Waals surface area contributed by atoms with E-state index in [1.54, 1.807) is 18.2 Å². The second-order valence-electron chi connectivity index (χ2n) is 4.74. The maximum Gasteiger partial charge on any atom is 0.416 e. The first-order valence-electron chi connectivity index (χ1n) is 6.42. The summed E-state index contributed by atoms with van der Waals surface area (Å²) >= 11 is 0. The van der Waals surface area contributed by atoms with Gasteiger partial charge in [0.15, 0.2) is 0 Å². The van der Waals surface area contributed by atoms with Gasteiger partial charge >= 0.3 is 18.0 Å². The van der Waals surface area contributed by atoms with Gasteiger partial charge in [0, 0.05) is 12.8 Å². The molecule has 1 aliphatic rings. The van der Waals surface area contributed by atoms with Crippen molar-refractivity contribution in [3.8, 4) is 5.75 Å². The molecule has 0 saturated carbocycles. The number of carboxylic acids is 2. The summed E-state index contributed by atoms with van der Waals surface area (Å²) in [7, 11) is 0. The third-order valence-corrected chi connectivity index (χ3v) is 3.24. The Morgan fingerprint density at radius 2 is 1.50 bits per heavy atom. The number of hydrogen-bond acceptors (Lipinski definition) is 5. The number of para-hydroxylation sites is 1. The molecule has 1 aliphatic heterocycles. The van der Waals surface area contributed by atoms with E-state index in [2.05, 4.69) is 0 Å². The Morgan fingerprint density at radius 1 is 1.00 bits per heavy atom. The maximum absolute atomic E-state index is 12.2. The molecule has 8 nitrogen and oxygen atoms in total. The monoisotopic (exact) mass is 307 g/mol. The fourth-order valence-electron chi connectivity index (χ4n) is 2.24. The van der Waals surface area contributed by atoms with Crippen molar-refractivity contribution in [1.82, 2.24) is 4.90 Å². The van der Waals surface area contributed by atoms with Crippen LogP contribution in [0.5, 0.6) is 5.75 Å². The second kappa shape index (κ2) is 6.25. The number of rotatable bonds is 3. The number of ketones is 1. The molecular weight excluding hydrogens is 294 g/mol. The molecule has 1 heterocycles. The van der Waals surface area contributed by atoms with Crippen LogP contribution in [0.1, 0.15) is 12.8 Å². The highest BCUT2D eigenvalue weighted by atomic mass is 16.6. The molecule has 0 spiro atoms. The zero-order valence-electron chi connectivity index (χ0n) is 11.3. The molecule has 0 bridgehead atoms. The van der Waals surface area contributed by atoms with Crippen LogP contribution in [-0.2, 0) is 14.4 Å². The van der Waals surface area contributed by atoms with E-state index in [1.807, 2.05) is 0 Å². The summed E-state index contributed by atoms with van der Waals surface area (Å²) in [5, 5.41) is 18.3. The van der Waals surface area contributed by atoms with Crippen LogP contribution in [0.15, 0.2) is 30.3 Å². The molecule has 1 aromatic carbocycles. The SMILES string of the molecule is O=C1C[C@H](C(=O)O)N(C(=O)Oc2ccccc2)[C@@H](C(=O)O)C1. The standard InChI is InChI=1S/C14H13NO7/c16-8-6-10(12(17)18)15(11(7-8)13(19)20)14(21)22-9-4-2-1-3-5-9/h1-5,10-11H,6-7H2,(H,17,18)(H,19,20)/t10-,11-/m1/s1. The highest BCUT2D eigenvalue weighted by molar-refractivity contribution is 5.96. The van der Waals surface area contributed by atoms with Crippen LogP contribution < -0.4 is 4.74 Å². The van der Waals surface area contributed by atoms with E-state index < -0.39 is 48.7 Å². The van der Waals surface area contributed by atoms with Gasteiger partial charge in [0.2, 0.25) is 0 Å². The van der Waals surface area contributed by atoms with E-state index in [1.165, 1.54) is 12.1 Å². The van der Waals surface area contributed by atoms with Gasteiger partial charge in [-0.3, -0.25) is 9.69 Å². The lowest BCUT2D eigenvalue weighted by Crippen LogP contribution is -2.59. The van der Waals surface area contributed by atoms with Crippen molar-refractivity contribution in [3.05, 3.63) is 30.3 Å². The Morgan fingerprint density at radius 3 is 1.95 bits per heavy atom. The maximum atomic E-state index is 12.2. The lowest BCUT2D eigenvalue weighted by Gasteiger charge is -2.35. The molecule has 1 saturated heterocycles. The molecule has 8 heteroatoms.